The maximum atomic E-state index is 6.64. The molecule has 0 bridgehead atoms. The zero-order valence-corrected chi connectivity index (χ0v) is 18.3. The van der Waals surface area contributed by atoms with Crippen molar-refractivity contribution in [1.29, 1.82) is 0 Å². The predicted octanol–water partition coefficient (Wildman–Crippen LogP) is 7.44. The van der Waals surface area contributed by atoms with Gasteiger partial charge in [-0.15, -0.1) is 0 Å². The summed E-state index contributed by atoms with van der Waals surface area (Å²) in [5, 5.41) is 0. The van der Waals surface area contributed by atoms with Crippen molar-refractivity contribution >= 4 is 18.8 Å². The standard InChI is InChI=1S/C7H14O.3C4H9.Sn/c1-3-4-5-7(2)6-8;3*1-3-4-2;/h6,8H,3-5H2,1-2H3;3*1,3-4H2,2H3;/q;;;;+1/p-1. The van der Waals surface area contributed by atoms with Crippen molar-refractivity contribution in [2.24, 2.45) is 0 Å². The molecule has 0 amide bonds. The zero-order valence-electron chi connectivity index (χ0n) is 15.5. The summed E-state index contributed by atoms with van der Waals surface area (Å²) in [4.78, 5) is 0. The third-order valence-corrected chi connectivity index (χ3v) is 17.0. The minimum atomic E-state index is -2.38. The summed E-state index contributed by atoms with van der Waals surface area (Å²) in [6.45, 7) is 11.5. The molecule has 0 aromatic rings. The number of hydrogen-bond donors (Lipinski definition) is 0. The van der Waals surface area contributed by atoms with E-state index in [1.807, 2.05) is 0 Å². The third kappa shape index (κ3) is 10.7. The summed E-state index contributed by atoms with van der Waals surface area (Å²) in [5.74, 6) is 0. The molecule has 0 heterocycles. The summed E-state index contributed by atoms with van der Waals surface area (Å²) < 4.78 is 10.9. The van der Waals surface area contributed by atoms with Gasteiger partial charge in [0.2, 0.25) is 0 Å². The van der Waals surface area contributed by atoms with E-state index >= 15 is 0 Å². The molecular formula is C19H40OSn. The van der Waals surface area contributed by atoms with Crippen LogP contribution < -0.4 is 0 Å². The molecule has 126 valence electrons. The van der Waals surface area contributed by atoms with Crippen molar-refractivity contribution in [2.75, 3.05) is 0 Å². The second kappa shape index (κ2) is 14.0. The van der Waals surface area contributed by atoms with Crippen molar-refractivity contribution in [3.63, 3.8) is 0 Å². The molecule has 2 heteroatoms. The zero-order chi connectivity index (χ0) is 16.0. The molecule has 0 N–H and O–H groups in total. The first-order valence-electron chi connectivity index (χ1n) is 9.47. The molecule has 0 rings (SSSR count). The monoisotopic (exact) mass is 404 g/mol. The molecule has 0 saturated heterocycles. The van der Waals surface area contributed by atoms with Crippen LogP contribution in [0.1, 0.15) is 92.4 Å². The second-order valence-electron chi connectivity index (χ2n) is 6.68. The molecule has 0 aromatic heterocycles. The molecule has 1 nitrogen and oxygen atoms in total. The van der Waals surface area contributed by atoms with Crippen LogP contribution in [-0.4, -0.2) is 18.8 Å². The van der Waals surface area contributed by atoms with Gasteiger partial charge >= 0.3 is 139 Å². The average molecular weight is 403 g/mol. The van der Waals surface area contributed by atoms with Gasteiger partial charge in [0.1, 0.15) is 0 Å². The molecule has 0 saturated carbocycles. The maximum absolute atomic E-state index is 6.64. The van der Waals surface area contributed by atoms with Crippen molar-refractivity contribution in [1.82, 2.24) is 0 Å². The van der Waals surface area contributed by atoms with E-state index in [-0.39, 0.29) is 0 Å². The van der Waals surface area contributed by atoms with Crippen LogP contribution in [0.2, 0.25) is 13.3 Å². The van der Waals surface area contributed by atoms with Gasteiger partial charge in [-0.25, -0.2) is 0 Å². The Morgan fingerprint density at radius 3 is 1.57 bits per heavy atom. The quantitative estimate of drug-likeness (QED) is 0.216. The Morgan fingerprint density at radius 2 is 1.19 bits per heavy atom. The SMILES string of the molecule is CCCCC(C)=C[O][Sn]([CH2]CCC)([CH2]CCC)[CH2]CCC. The molecule has 21 heavy (non-hydrogen) atoms. The molecule has 0 aliphatic carbocycles. The Hall–Kier alpha value is 0.339. The summed E-state index contributed by atoms with van der Waals surface area (Å²) in [5.41, 5.74) is 1.46. The van der Waals surface area contributed by atoms with Gasteiger partial charge in [-0.3, -0.25) is 0 Å². The van der Waals surface area contributed by atoms with Crippen molar-refractivity contribution < 1.29 is 3.07 Å². The molecular weight excluding hydrogens is 363 g/mol. The number of allylic oxidation sites excluding steroid dienone is 1. The van der Waals surface area contributed by atoms with E-state index in [0.717, 1.165) is 0 Å². The summed E-state index contributed by atoms with van der Waals surface area (Å²) in [6, 6.07) is 0. The van der Waals surface area contributed by atoms with Gasteiger partial charge in [0.05, 0.1) is 0 Å². The summed E-state index contributed by atoms with van der Waals surface area (Å²) in [6.07, 6.45) is 14.1. The summed E-state index contributed by atoms with van der Waals surface area (Å²) in [7, 11) is 0. The van der Waals surface area contributed by atoms with Crippen molar-refractivity contribution in [3.8, 4) is 0 Å². The normalized spacial score (nSPS) is 12.7. The Balaban J connectivity index is 4.76. The van der Waals surface area contributed by atoms with E-state index in [0.29, 0.717) is 0 Å². The van der Waals surface area contributed by atoms with Gasteiger partial charge in [-0.2, -0.15) is 0 Å². The van der Waals surface area contributed by atoms with Crippen LogP contribution in [0.4, 0.5) is 0 Å². The predicted molar refractivity (Wildman–Crippen MR) is 99.3 cm³/mol. The van der Waals surface area contributed by atoms with Gasteiger partial charge in [0.15, 0.2) is 0 Å². The fourth-order valence-electron chi connectivity index (χ4n) is 2.79. The Morgan fingerprint density at radius 1 is 0.762 bits per heavy atom. The van der Waals surface area contributed by atoms with E-state index in [9.17, 15) is 0 Å². The molecule has 0 fully saturated rings. The van der Waals surface area contributed by atoms with E-state index < -0.39 is 18.8 Å². The first-order valence-corrected chi connectivity index (χ1v) is 16.7. The first-order chi connectivity index (χ1) is 10.1. The third-order valence-electron chi connectivity index (χ3n) is 4.39. The van der Waals surface area contributed by atoms with Crippen LogP contribution in [0.25, 0.3) is 0 Å². The van der Waals surface area contributed by atoms with Crippen LogP contribution in [0, 0.1) is 0 Å². The van der Waals surface area contributed by atoms with Gasteiger partial charge < -0.3 is 0 Å². The molecule has 0 aliphatic heterocycles. The van der Waals surface area contributed by atoms with Gasteiger partial charge in [0, 0.05) is 0 Å². The van der Waals surface area contributed by atoms with E-state index in [1.165, 1.54) is 76.7 Å². The fraction of sp³-hybridized carbons (Fsp3) is 0.895. The Bertz CT molecular complexity index is 239. The van der Waals surface area contributed by atoms with Crippen molar-refractivity contribution in [2.45, 2.75) is 106 Å². The minimum absolute atomic E-state index is 1.22. The van der Waals surface area contributed by atoms with Crippen LogP contribution >= 0.6 is 0 Å². The molecule has 0 aliphatic rings. The Kier molecular flexibility index (Phi) is 14.2. The number of hydrogen-bond acceptors (Lipinski definition) is 1. The number of rotatable bonds is 14. The van der Waals surface area contributed by atoms with E-state index in [4.69, 9.17) is 3.07 Å². The van der Waals surface area contributed by atoms with Crippen LogP contribution in [0.5, 0.6) is 0 Å². The molecule has 0 aromatic carbocycles. The van der Waals surface area contributed by atoms with Crippen LogP contribution in [-0.2, 0) is 3.07 Å². The average Bonchev–Trinajstić information content (AvgIpc) is 2.51. The van der Waals surface area contributed by atoms with Crippen molar-refractivity contribution in [3.05, 3.63) is 11.8 Å². The molecule has 0 atom stereocenters. The van der Waals surface area contributed by atoms with Gasteiger partial charge in [-0.1, -0.05) is 0 Å². The molecule has 0 spiro atoms. The molecule has 0 unspecified atom stereocenters. The number of unbranched alkanes of at least 4 members (excludes halogenated alkanes) is 4. The van der Waals surface area contributed by atoms with E-state index in [2.05, 4.69) is 40.9 Å². The van der Waals surface area contributed by atoms with Gasteiger partial charge in [-0.05, 0) is 0 Å². The van der Waals surface area contributed by atoms with Crippen LogP contribution in [0.15, 0.2) is 11.8 Å². The Labute approximate surface area is 139 Å². The first kappa shape index (κ1) is 21.3. The summed E-state index contributed by atoms with van der Waals surface area (Å²) >= 11 is -2.38. The topological polar surface area (TPSA) is 9.23 Å². The molecule has 0 radical (unpaired) electrons. The second-order valence-corrected chi connectivity index (χ2v) is 18.4. The van der Waals surface area contributed by atoms with Crippen LogP contribution in [0.3, 0.4) is 0 Å². The van der Waals surface area contributed by atoms with Gasteiger partial charge in [0.25, 0.3) is 0 Å². The van der Waals surface area contributed by atoms with E-state index in [1.54, 1.807) is 0 Å². The fourth-order valence-corrected chi connectivity index (χ4v) is 15.8.